The Morgan fingerprint density at radius 2 is 1.52 bits per heavy atom. The molecule has 0 atom stereocenters. The maximum absolute atomic E-state index is 13.2. The second-order valence-corrected chi connectivity index (χ2v) is 8.92. The van der Waals surface area contributed by atoms with Gasteiger partial charge in [0.05, 0.1) is 5.41 Å². The predicted octanol–water partition coefficient (Wildman–Crippen LogP) is 3.30. The molecule has 162 valence electrons. The number of benzene rings is 2. The highest BCUT2D eigenvalue weighted by molar-refractivity contribution is 5.98. The molecule has 1 saturated carbocycles. The molecule has 2 aromatic rings. The molecule has 6 nitrogen and oxygen atoms in total. The van der Waals surface area contributed by atoms with Gasteiger partial charge in [-0.15, -0.1) is 0 Å². The lowest BCUT2D eigenvalue weighted by Gasteiger charge is -2.38. The number of hydrogen-bond acceptors (Lipinski definition) is 3. The molecule has 1 aliphatic carbocycles. The molecule has 1 aliphatic heterocycles. The van der Waals surface area contributed by atoms with Gasteiger partial charge in [-0.05, 0) is 50.5 Å². The summed E-state index contributed by atoms with van der Waals surface area (Å²) in [6.45, 7) is 5.91. The minimum atomic E-state index is -0.610. The van der Waals surface area contributed by atoms with Crippen molar-refractivity contribution in [2.24, 2.45) is 5.92 Å². The number of hydrogen-bond donors (Lipinski definition) is 1. The van der Waals surface area contributed by atoms with Crippen LogP contribution in [0.1, 0.15) is 42.6 Å². The first kappa shape index (κ1) is 21.1. The fourth-order valence-electron chi connectivity index (χ4n) is 3.99. The second kappa shape index (κ2) is 8.53. The van der Waals surface area contributed by atoms with Crippen molar-refractivity contribution in [3.8, 4) is 0 Å². The van der Waals surface area contributed by atoms with E-state index in [-0.39, 0.29) is 23.6 Å². The van der Waals surface area contributed by atoms with Gasteiger partial charge in [0.1, 0.15) is 0 Å². The standard InChI is InChI=1S/C25H29N3O3/c1-25(2,20-8-4-3-5-9-20)24(31)28-15-13-27(14-16-28)23(30)19-7-6-10-21(17-19)26-22(29)18-11-12-18/h3-10,17-18H,11-16H2,1-2H3,(H,26,29). The molecule has 1 saturated heterocycles. The van der Waals surface area contributed by atoms with E-state index in [1.54, 1.807) is 29.2 Å². The molecule has 6 heteroatoms. The lowest BCUT2D eigenvalue weighted by atomic mass is 9.83. The number of carbonyl (C=O) groups excluding carboxylic acids is 3. The maximum atomic E-state index is 13.2. The molecule has 0 aromatic heterocycles. The van der Waals surface area contributed by atoms with Crippen LogP contribution in [-0.2, 0) is 15.0 Å². The molecular formula is C25H29N3O3. The molecule has 31 heavy (non-hydrogen) atoms. The highest BCUT2D eigenvalue weighted by atomic mass is 16.2. The first-order valence-corrected chi connectivity index (χ1v) is 10.9. The third-order valence-electron chi connectivity index (χ3n) is 6.21. The van der Waals surface area contributed by atoms with Crippen molar-refractivity contribution in [1.82, 2.24) is 9.80 Å². The smallest absolute Gasteiger partial charge is 0.254 e. The van der Waals surface area contributed by atoms with Crippen LogP contribution in [0.4, 0.5) is 5.69 Å². The fourth-order valence-corrected chi connectivity index (χ4v) is 3.99. The zero-order chi connectivity index (χ0) is 22.0. The average molecular weight is 420 g/mol. The van der Waals surface area contributed by atoms with Crippen LogP contribution in [0, 0.1) is 5.92 Å². The Bertz CT molecular complexity index is 975. The molecular weight excluding hydrogens is 390 g/mol. The first-order valence-electron chi connectivity index (χ1n) is 10.9. The van der Waals surface area contributed by atoms with E-state index in [1.807, 2.05) is 49.1 Å². The first-order chi connectivity index (χ1) is 14.9. The van der Waals surface area contributed by atoms with E-state index >= 15 is 0 Å². The normalized spacial score (nSPS) is 16.7. The summed E-state index contributed by atoms with van der Waals surface area (Å²) in [6, 6.07) is 16.9. The lowest BCUT2D eigenvalue weighted by molar-refractivity contribution is -0.137. The van der Waals surface area contributed by atoms with E-state index in [1.165, 1.54) is 0 Å². The summed E-state index contributed by atoms with van der Waals surface area (Å²) in [5.41, 5.74) is 1.59. The van der Waals surface area contributed by atoms with Crippen LogP contribution in [0.15, 0.2) is 54.6 Å². The van der Waals surface area contributed by atoms with E-state index in [4.69, 9.17) is 0 Å². The number of rotatable bonds is 5. The maximum Gasteiger partial charge on any atom is 0.254 e. The Morgan fingerprint density at radius 3 is 2.16 bits per heavy atom. The van der Waals surface area contributed by atoms with Crippen LogP contribution in [0.25, 0.3) is 0 Å². The van der Waals surface area contributed by atoms with E-state index in [0.717, 1.165) is 18.4 Å². The van der Waals surface area contributed by atoms with Crippen LogP contribution in [0.5, 0.6) is 0 Å². The van der Waals surface area contributed by atoms with Crippen molar-refractivity contribution in [1.29, 1.82) is 0 Å². The van der Waals surface area contributed by atoms with Gasteiger partial charge in [0.2, 0.25) is 11.8 Å². The van der Waals surface area contributed by atoms with Gasteiger partial charge in [0.15, 0.2) is 0 Å². The van der Waals surface area contributed by atoms with Gasteiger partial charge in [-0.3, -0.25) is 14.4 Å². The van der Waals surface area contributed by atoms with Crippen LogP contribution in [-0.4, -0.2) is 53.7 Å². The number of nitrogens with one attached hydrogen (secondary N) is 1. The van der Waals surface area contributed by atoms with Crippen molar-refractivity contribution in [2.75, 3.05) is 31.5 Å². The second-order valence-electron chi connectivity index (χ2n) is 8.92. The Balaban J connectivity index is 1.37. The number of nitrogens with zero attached hydrogens (tertiary/aromatic N) is 2. The summed E-state index contributed by atoms with van der Waals surface area (Å²) < 4.78 is 0. The minimum absolute atomic E-state index is 0.0257. The molecule has 1 N–H and O–H groups in total. The Morgan fingerprint density at radius 1 is 0.871 bits per heavy atom. The summed E-state index contributed by atoms with van der Waals surface area (Å²) in [6.07, 6.45) is 1.88. The monoisotopic (exact) mass is 419 g/mol. The summed E-state index contributed by atoms with van der Waals surface area (Å²) in [5, 5.41) is 2.89. The predicted molar refractivity (Wildman–Crippen MR) is 120 cm³/mol. The topological polar surface area (TPSA) is 69.7 Å². The molecule has 2 aliphatic rings. The molecule has 2 aromatic carbocycles. The number of anilines is 1. The highest BCUT2D eigenvalue weighted by Gasteiger charge is 2.36. The average Bonchev–Trinajstić information content (AvgIpc) is 3.65. The Labute approximate surface area is 183 Å². The summed E-state index contributed by atoms with van der Waals surface area (Å²) in [7, 11) is 0. The van der Waals surface area contributed by atoms with Crippen molar-refractivity contribution >= 4 is 23.4 Å². The van der Waals surface area contributed by atoms with E-state index in [2.05, 4.69) is 5.32 Å². The van der Waals surface area contributed by atoms with E-state index in [0.29, 0.717) is 37.4 Å². The van der Waals surface area contributed by atoms with Crippen molar-refractivity contribution < 1.29 is 14.4 Å². The van der Waals surface area contributed by atoms with Gasteiger partial charge in [-0.25, -0.2) is 0 Å². The zero-order valence-electron chi connectivity index (χ0n) is 18.1. The lowest BCUT2D eigenvalue weighted by Crippen LogP contribution is -2.54. The molecule has 0 unspecified atom stereocenters. The van der Waals surface area contributed by atoms with Gasteiger partial charge in [-0.1, -0.05) is 36.4 Å². The van der Waals surface area contributed by atoms with Gasteiger partial charge in [0, 0.05) is 43.3 Å². The SMILES string of the molecule is CC(C)(C(=O)N1CCN(C(=O)c2cccc(NC(=O)C3CC3)c2)CC1)c1ccccc1. The highest BCUT2D eigenvalue weighted by Crippen LogP contribution is 2.30. The van der Waals surface area contributed by atoms with Crippen molar-refractivity contribution in [3.05, 3.63) is 65.7 Å². The summed E-state index contributed by atoms with van der Waals surface area (Å²) in [4.78, 5) is 41.8. The van der Waals surface area contributed by atoms with Gasteiger partial charge < -0.3 is 15.1 Å². The Kier molecular flexibility index (Phi) is 5.81. The summed E-state index contributed by atoms with van der Waals surface area (Å²) >= 11 is 0. The molecule has 0 spiro atoms. The number of carbonyl (C=O) groups is 3. The van der Waals surface area contributed by atoms with Crippen molar-refractivity contribution in [3.63, 3.8) is 0 Å². The zero-order valence-corrected chi connectivity index (χ0v) is 18.1. The largest absolute Gasteiger partial charge is 0.338 e. The van der Waals surface area contributed by atoms with Crippen LogP contribution in [0.2, 0.25) is 0 Å². The minimum Gasteiger partial charge on any atom is -0.338 e. The molecule has 1 heterocycles. The molecule has 0 radical (unpaired) electrons. The third kappa shape index (κ3) is 4.63. The third-order valence-corrected chi connectivity index (χ3v) is 6.21. The molecule has 0 bridgehead atoms. The summed E-state index contributed by atoms with van der Waals surface area (Å²) in [5.74, 6) is 0.149. The van der Waals surface area contributed by atoms with Crippen LogP contribution >= 0.6 is 0 Å². The number of piperazine rings is 1. The Hall–Kier alpha value is -3.15. The van der Waals surface area contributed by atoms with Crippen LogP contribution < -0.4 is 5.32 Å². The van der Waals surface area contributed by atoms with Crippen molar-refractivity contribution in [2.45, 2.75) is 32.1 Å². The van der Waals surface area contributed by atoms with Gasteiger partial charge in [0.25, 0.3) is 5.91 Å². The number of amides is 3. The molecule has 2 fully saturated rings. The fraction of sp³-hybridized carbons (Fsp3) is 0.400. The quantitative estimate of drug-likeness (QED) is 0.809. The van der Waals surface area contributed by atoms with Gasteiger partial charge in [-0.2, -0.15) is 0 Å². The molecule has 3 amide bonds. The van der Waals surface area contributed by atoms with Crippen LogP contribution in [0.3, 0.4) is 0 Å². The van der Waals surface area contributed by atoms with E-state index < -0.39 is 5.41 Å². The van der Waals surface area contributed by atoms with E-state index in [9.17, 15) is 14.4 Å². The molecule has 4 rings (SSSR count). The van der Waals surface area contributed by atoms with Gasteiger partial charge >= 0.3 is 0 Å².